The standard InChI is InChI=1S/C22H33N3O4.HI/c1-3-23-22(25-13-6-15-28-18-21-7-4-16-29-21)24-12-5-14-27-17-19-8-10-20(26-2)11-9-19;/h4,7-11,16H,3,5-6,12-15,17-18H2,1-2H3,(H2,23,24,25);1H. The molecule has 30 heavy (non-hydrogen) atoms. The highest BCUT2D eigenvalue weighted by atomic mass is 127. The van der Waals surface area contributed by atoms with Gasteiger partial charge >= 0.3 is 0 Å². The molecule has 0 unspecified atom stereocenters. The van der Waals surface area contributed by atoms with Gasteiger partial charge in [0.25, 0.3) is 0 Å². The van der Waals surface area contributed by atoms with Crippen molar-refractivity contribution in [3.05, 3.63) is 54.0 Å². The maximum Gasteiger partial charge on any atom is 0.191 e. The predicted octanol–water partition coefficient (Wildman–Crippen LogP) is 3.97. The Labute approximate surface area is 196 Å². The molecule has 168 valence electrons. The lowest BCUT2D eigenvalue weighted by molar-refractivity contribution is 0.105. The van der Waals surface area contributed by atoms with Gasteiger partial charge in [-0.3, -0.25) is 4.99 Å². The summed E-state index contributed by atoms with van der Waals surface area (Å²) < 4.78 is 21.7. The molecule has 1 aromatic heterocycles. The van der Waals surface area contributed by atoms with Crippen molar-refractivity contribution in [2.75, 3.05) is 40.0 Å². The molecule has 0 fully saturated rings. The molecule has 7 nitrogen and oxygen atoms in total. The van der Waals surface area contributed by atoms with Crippen LogP contribution in [0.15, 0.2) is 52.1 Å². The first-order chi connectivity index (χ1) is 14.3. The van der Waals surface area contributed by atoms with E-state index in [0.717, 1.165) is 49.0 Å². The van der Waals surface area contributed by atoms with Crippen molar-refractivity contribution in [1.29, 1.82) is 0 Å². The van der Waals surface area contributed by atoms with Gasteiger partial charge in [-0.25, -0.2) is 0 Å². The fraction of sp³-hybridized carbons (Fsp3) is 0.500. The molecule has 0 saturated heterocycles. The molecule has 1 heterocycles. The lowest BCUT2D eigenvalue weighted by atomic mass is 10.2. The number of guanidine groups is 1. The van der Waals surface area contributed by atoms with E-state index < -0.39 is 0 Å². The van der Waals surface area contributed by atoms with Crippen molar-refractivity contribution in [3.8, 4) is 5.75 Å². The Morgan fingerprint density at radius 1 is 1.00 bits per heavy atom. The van der Waals surface area contributed by atoms with Gasteiger partial charge in [0.1, 0.15) is 18.1 Å². The largest absolute Gasteiger partial charge is 0.497 e. The number of hydrogen-bond acceptors (Lipinski definition) is 5. The van der Waals surface area contributed by atoms with Crippen LogP contribution >= 0.6 is 24.0 Å². The molecule has 0 aliphatic carbocycles. The molecule has 0 bridgehead atoms. The first-order valence-corrected chi connectivity index (χ1v) is 10.1. The van der Waals surface area contributed by atoms with E-state index >= 15 is 0 Å². The Kier molecular flexibility index (Phi) is 14.8. The van der Waals surface area contributed by atoms with Gasteiger partial charge in [0, 0.05) is 32.8 Å². The number of rotatable bonds is 14. The summed E-state index contributed by atoms with van der Waals surface area (Å²) in [5.41, 5.74) is 1.14. The number of ether oxygens (including phenoxy) is 3. The van der Waals surface area contributed by atoms with Gasteiger partial charge in [0.2, 0.25) is 0 Å². The highest BCUT2D eigenvalue weighted by Gasteiger charge is 1.99. The third kappa shape index (κ3) is 11.4. The summed E-state index contributed by atoms with van der Waals surface area (Å²) >= 11 is 0. The summed E-state index contributed by atoms with van der Waals surface area (Å²) in [6.45, 7) is 6.87. The predicted molar refractivity (Wildman–Crippen MR) is 130 cm³/mol. The molecule has 2 rings (SSSR count). The molecule has 2 N–H and O–H groups in total. The summed E-state index contributed by atoms with van der Waals surface area (Å²) in [7, 11) is 1.67. The first-order valence-electron chi connectivity index (χ1n) is 10.1. The fourth-order valence-electron chi connectivity index (χ4n) is 2.56. The highest BCUT2D eigenvalue weighted by molar-refractivity contribution is 14.0. The molecule has 0 amide bonds. The van der Waals surface area contributed by atoms with Crippen molar-refractivity contribution in [2.45, 2.75) is 33.0 Å². The zero-order valence-corrected chi connectivity index (χ0v) is 20.2. The van der Waals surface area contributed by atoms with Gasteiger partial charge < -0.3 is 29.3 Å². The monoisotopic (exact) mass is 531 g/mol. The number of hydrogen-bond donors (Lipinski definition) is 2. The van der Waals surface area contributed by atoms with E-state index in [2.05, 4.69) is 22.5 Å². The molecule has 0 atom stereocenters. The van der Waals surface area contributed by atoms with Crippen molar-refractivity contribution in [3.63, 3.8) is 0 Å². The van der Waals surface area contributed by atoms with Crippen molar-refractivity contribution in [1.82, 2.24) is 10.6 Å². The van der Waals surface area contributed by atoms with Crippen LogP contribution in [-0.2, 0) is 22.7 Å². The summed E-state index contributed by atoms with van der Waals surface area (Å²) in [6.07, 6.45) is 3.43. The number of benzene rings is 1. The SMILES string of the molecule is CCNC(=NCCCOCc1ccc(OC)cc1)NCCCOCc1ccco1.I. The number of aliphatic imine (C=N–C) groups is 1. The van der Waals surface area contributed by atoms with E-state index in [-0.39, 0.29) is 24.0 Å². The molecule has 0 radical (unpaired) electrons. The number of furan rings is 1. The van der Waals surface area contributed by atoms with E-state index in [1.165, 1.54) is 0 Å². The molecule has 8 heteroatoms. The van der Waals surface area contributed by atoms with E-state index in [1.54, 1.807) is 13.4 Å². The van der Waals surface area contributed by atoms with Crippen LogP contribution in [0, 0.1) is 0 Å². The molecule has 0 aliphatic heterocycles. The second kappa shape index (κ2) is 17.0. The zero-order valence-electron chi connectivity index (χ0n) is 17.9. The zero-order chi connectivity index (χ0) is 20.6. The highest BCUT2D eigenvalue weighted by Crippen LogP contribution is 2.11. The topological polar surface area (TPSA) is 77.3 Å². The average molecular weight is 531 g/mol. The lowest BCUT2D eigenvalue weighted by Crippen LogP contribution is -2.38. The van der Waals surface area contributed by atoms with Crippen LogP contribution < -0.4 is 15.4 Å². The van der Waals surface area contributed by atoms with Crippen LogP contribution in [0.25, 0.3) is 0 Å². The Morgan fingerprint density at radius 2 is 1.77 bits per heavy atom. The number of nitrogens with zero attached hydrogens (tertiary/aromatic N) is 1. The van der Waals surface area contributed by atoms with Gasteiger partial charge in [-0.1, -0.05) is 12.1 Å². The summed E-state index contributed by atoms with van der Waals surface area (Å²) in [5, 5.41) is 6.58. The smallest absolute Gasteiger partial charge is 0.191 e. The van der Waals surface area contributed by atoms with Crippen LogP contribution in [0.3, 0.4) is 0 Å². The van der Waals surface area contributed by atoms with Crippen LogP contribution in [-0.4, -0.2) is 45.9 Å². The van der Waals surface area contributed by atoms with Crippen molar-refractivity contribution in [2.24, 2.45) is 4.99 Å². The number of methoxy groups -OCH3 is 1. The first kappa shape index (κ1) is 26.3. The van der Waals surface area contributed by atoms with Gasteiger partial charge in [0.05, 0.1) is 20.0 Å². The maximum atomic E-state index is 5.72. The Morgan fingerprint density at radius 3 is 2.47 bits per heavy atom. The minimum Gasteiger partial charge on any atom is -0.497 e. The molecule has 2 aromatic rings. The second-order valence-electron chi connectivity index (χ2n) is 6.43. The van der Waals surface area contributed by atoms with Crippen LogP contribution in [0.5, 0.6) is 5.75 Å². The summed E-state index contributed by atoms with van der Waals surface area (Å²) in [5.74, 6) is 2.53. The molecular formula is C22H34IN3O4. The lowest BCUT2D eigenvalue weighted by Gasteiger charge is -2.11. The minimum atomic E-state index is 0. The molecule has 1 aromatic carbocycles. The number of nitrogens with one attached hydrogen (secondary N) is 2. The van der Waals surface area contributed by atoms with E-state index in [1.807, 2.05) is 36.4 Å². The summed E-state index contributed by atoms with van der Waals surface area (Å²) in [4.78, 5) is 4.58. The quantitative estimate of drug-likeness (QED) is 0.166. The second-order valence-corrected chi connectivity index (χ2v) is 6.43. The van der Waals surface area contributed by atoms with Crippen LogP contribution in [0.4, 0.5) is 0 Å². The van der Waals surface area contributed by atoms with Crippen LogP contribution in [0.1, 0.15) is 31.1 Å². The molecular weight excluding hydrogens is 497 g/mol. The third-order valence-corrected chi connectivity index (χ3v) is 4.07. The van der Waals surface area contributed by atoms with Gasteiger partial charge in [0.15, 0.2) is 5.96 Å². The van der Waals surface area contributed by atoms with Crippen molar-refractivity contribution < 1.29 is 18.6 Å². The fourth-order valence-corrected chi connectivity index (χ4v) is 2.56. The van der Waals surface area contributed by atoms with Gasteiger partial charge in [-0.2, -0.15) is 0 Å². The summed E-state index contributed by atoms with van der Waals surface area (Å²) in [6, 6.07) is 11.7. The Hall–Kier alpha value is -1.78. The Balaban J connectivity index is 0.00000450. The third-order valence-electron chi connectivity index (χ3n) is 4.07. The normalized spacial score (nSPS) is 11.1. The van der Waals surface area contributed by atoms with Crippen molar-refractivity contribution >= 4 is 29.9 Å². The van der Waals surface area contributed by atoms with Gasteiger partial charge in [-0.05, 0) is 49.6 Å². The molecule has 0 aliphatic rings. The van der Waals surface area contributed by atoms with E-state index in [9.17, 15) is 0 Å². The average Bonchev–Trinajstić information content (AvgIpc) is 3.27. The molecule has 0 spiro atoms. The van der Waals surface area contributed by atoms with E-state index in [0.29, 0.717) is 33.0 Å². The minimum absolute atomic E-state index is 0. The maximum absolute atomic E-state index is 5.72. The van der Waals surface area contributed by atoms with Gasteiger partial charge in [-0.15, -0.1) is 24.0 Å². The van der Waals surface area contributed by atoms with E-state index in [4.69, 9.17) is 18.6 Å². The molecule has 0 saturated carbocycles. The Bertz CT molecular complexity index is 678. The number of halogens is 1. The van der Waals surface area contributed by atoms with Crippen LogP contribution in [0.2, 0.25) is 0 Å².